The summed E-state index contributed by atoms with van der Waals surface area (Å²) in [5.41, 5.74) is 10.4. The summed E-state index contributed by atoms with van der Waals surface area (Å²) < 4.78 is 78.5. The van der Waals surface area contributed by atoms with Crippen molar-refractivity contribution in [1.82, 2.24) is 24.7 Å². The fourth-order valence-corrected chi connectivity index (χ4v) is 12.0. The zero-order valence-corrected chi connectivity index (χ0v) is 63.1. The summed E-state index contributed by atoms with van der Waals surface area (Å²) in [7, 11) is 8.11. The summed E-state index contributed by atoms with van der Waals surface area (Å²) in [6.07, 6.45) is -2.02. The molecule has 594 valence electrons. The van der Waals surface area contributed by atoms with Crippen LogP contribution >= 0.6 is 0 Å². The van der Waals surface area contributed by atoms with Gasteiger partial charge in [0, 0.05) is 218 Å². The van der Waals surface area contributed by atoms with E-state index in [9.17, 15) is 85.5 Å². The number of hydrogen-bond donors (Lipinski definition) is 3. The molecule has 0 bridgehead atoms. The molecule has 3 aliphatic heterocycles. The second-order valence-corrected chi connectivity index (χ2v) is 26.4. The number of nitrogens with two attached hydrogens (primary N) is 1. The second kappa shape index (κ2) is 40.5. The normalized spacial score (nSPS) is 13.8. The van der Waals surface area contributed by atoms with Crippen LogP contribution in [0, 0.1) is 47.8 Å². The van der Waals surface area contributed by atoms with Gasteiger partial charge in [-0.05, 0) is 123 Å². The highest BCUT2D eigenvalue weighted by atomic mass is 19.4. The number of ketones is 5. The van der Waals surface area contributed by atoms with Crippen molar-refractivity contribution < 1.29 is 75.0 Å². The molecule has 33 heteroatoms. The number of piperazine rings is 3. The van der Waals surface area contributed by atoms with E-state index in [0.29, 0.717) is 71.2 Å². The van der Waals surface area contributed by atoms with Gasteiger partial charge >= 0.3 is 12.1 Å². The first kappa shape index (κ1) is 87.1. The number of carboxylic acid groups (broad SMARTS) is 1. The van der Waals surface area contributed by atoms with Gasteiger partial charge < -0.3 is 50.5 Å². The number of nitrogens with one attached hydrogen (secondary N) is 1. The molecular formula is C79H88F6N14O13. The predicted octanol–water partition coefficient (Wildman–Crippen LogP) is 14.2. The van der Waals surface area contributed by atoms with Crippen molar-refractivity contribution in [3.8, 4) is 0 Å². The fraction of sp³-hybridized carbons (Fsp3) is 0.342. The molecule has 3 fully saturated rings. The van der Waals surface area contributed by atoms with Crippen LogP contribution in [0.15, 0.2) is 146 Å². The first-order valence-corrected chi connectivity index (χ1v) is 35.8. The largest absolute Gasteiger partial charge is 0.478 e. The van der Waals surface area contributed by atoms with Crippen molar-refractivity contribution in [1.29, 1.82) is 0 Å². The maximum atomic E-state index is 13.7. The number of nitrogens with zero attached hydrogens (tertiary/aromatic N) is 12. The van der Waals surface area contributed by atoms with E-state index in [4.69, 9.17) is 10.8 Å². The Hall–Kier alpha value is -12.1. The summed E-state index contributed by atoms with van der Waals surface area (Å²) >= 11 is 0. The molecular weight excluding hydrogens is 1470 g/mol. The zero-order valence-electron chi connectivity index (χ0n) is 63.1. The summed E-state index contributed by atoms with van der Waals surface area (Å²) in [6, 6.07) is 32.3. The van der Waals surface area contributed by atoms with Crippen LogP contribution < -0.4 is 30.7 Å². The Kier molecular flexibility index (Phi) is 31.5. The van der Waals surface area contributed by atoms with Crippen molar-refractivity contribution in [3.63, 3.8) is 0 Å². The molecule has 0 aliphatic carbocycles. The van der Waals surface area contributed by atoms with Gasteiger partial charge in [0.05, 0.1) is 25.9 Å². The van der Waals surface area contributed by atoms with Crippen molar-refractivity contribution in [2.75, 3.05) is 137 Å². The topological polar surface area (TPSA) is 339 Å². The molecule has 27 nitrogen and oxygen atoms in total. The Bertz CT molecular complexity index is 4700. The van der Waals surface area contributed by atoms with Gasteiger partial charge in [-0.1, -0.05) is 39.8 Å². The van der Waals surface area contributed by atoms with E-state index < -0.39 is 67.0 Å². The van der Waals surface area contributed by atoms with Crippen LogP contribution in [-0.4, -0.2) is 186 Å². The number of anilines is 8. The number of alkyl halides is 3. The molecule has 112 heavy (non-hydrogen) atoms. The minimum atomic E-state index is -4.70. The van der Waals surface area contributed by atoms with Crippen LogP contribution in [0.1, 0.15) is 122 Å². The Morgan fingerprint density at radius 1 is 0.500 bits per heavy atom. The Morgan fingerprint density at radius 3 is 1.36 bits per heavy atom. The maximum absolute atomic E-state index is 13.7. The number of carbonyl (C=O) groups excluding carboxylic acids is 5. The number of carboxylic acids is 1. The number of benzene rings is 7. The number of hydrogen-bond acceptors (Lipinski definition) is 23. The first-order chi connectivity index (χ1) is 53.1. The van der Waals surface area contributed by atoms with Gasteiger partial charge in [0.2, 0.25) is 5.95 Å². The highest BCUT2D eigenvalue weighted by molar-refractivity contribution is 6.04. The average molecular weight is 1560 g/mol. The summed E-state index contributed by atoms with van der Waals surface area (Å²) in [5, 5.41) is 43.0. The third-order valence-corrected chi connectivity index (χ3v) is 18.4. The standard InChI is InChI=1S/C35H36F4N6O2.C14H19N3O3.C14H21N3O.C9H8FNO3.C7H4FNO4/c1-4-32(47)30-22-27(7-10-31(30)45-15-13-43(2)14-16-45)41-34-40-12-11-33(42-34)44(3)28-8-5-23(6-9-28)19-29(46)20-24-17-25(35(37,38)39)21-26(36)18-24;1-3-14(18)12-10-11(17(19)20)4-5-13(12)16-8-6-15(2)7-9-16;1-3-14(18)12-10-11(15)4-5-13(12)17-8-6-16(2)7-9-17;1-2-9(12)7-5-6(11(13)14)3-4-8(7)10;8-6-2-1-4(9(12)13)3-5(6)7(10)11/h5-12,17-18,21-22H,4,13-16,19-20H2,1-3H3,(H,40,41,42);4-5,10H,3,6-9H2,1-2H3;4-5,10H,3,6-9,15H2,1-2H3;3-5H,2H2,1H3;1-3H,(H,10,11). The van der Waals surface area contributed by atoms with Crippen molar-refractivity contribution >= 4 is 97.8 Å². The number of nitro groups is 3. The minimum absolute atomic E-state index is 0.0143. The molecule has 0 spiro atoms. The van der Waals surface area contributed by atoms with E-state index in [1.54, 1.807) is 50.4 Å². The van der Waals surface area contributed by atoms with Crippen LogP contribution in [0.4, 0.5) is 89.3 Å². The molecule has 4 N–H and O–H groups in total. The predicted molar refractivity (Wildman–Crippen MR) is 415 cm³/mol. The molecule has 3 saturated heterocycles. The molecule has 7 aromatic carbocycles. The van der Waals surface area contributed by atoms with Gasteiger partial charge in [0.15, 0.2) is 23.1 Å². The van der Waals surface area contributed by atoms with Gasteiger partial charge in [0.1, 0.15) is 34.6 Å². The van der Waals surface area contributed by atoms with Gasteiger partial charge in [-0.25, -0.2) is 22.9 Å². The molecule has 0 atom stereocenters. The van der Waals surface area contributed by atoms with Crippen molar-refractivity contribution in [2.24, 2.45) is 0 Å². The highest BCUT2D eigenvalue weighted by Gasteiger charge is 2.32. The van der Waals surface area contributed by atoms with Gasteiger partial charge in [-0.15, -0.1) is 0 Å². The summed E-state index contributed by atoms with van der Waals surface area (Å²) in [5.74, 6) is -3.93. The van der Waals surface area contributed by atoms with E-state index in [2.05, 4.69) is 65.8 Å². The van der Waals surface area contributed by atoms with Crippen LogP contribution in [0.3, 0.4) is 0 Å². The van der Waals surface area contributed by atoms with Gasteiger partial charge in [0.25, 0.3) is 17.1 Å². The van der Waals surface area contributed by atoms with Gasteiger partial charge in [-0.2, -0.15) is 18.2 Å². The monoisotopic (exact) mass is 1550 g/mol. The molecule has 3 aliphatic rings. The molecule has 0 radical (unpaired) electrons. The average Bonchev–Trinajstić information content (AvgIpc) is 0.822. The number of nitro benzene ring substituents is 3. The lowest BCUT2D eigenvalue weighted by molar-refractivity contribution is -0.385. The van der Waals surface area contributed by atoms with Crippen LogP contribution in [0.5, 0.6) is 0 Å². The smallest absolute Gasteiger partial charge is 0.416 e. The Balaban J connectivity index is 0.000000220. The number of non-ortho nitro benzene ring substituents is 3. The van der Waals surface area contributed by atoms with Gasteiger partial charge in [-0.3, -0.25) is 54.3 Å². The molecule has 1 aromatic heterocycles. The quantitative estimate of drug-likeness (QED) is 0.0176. The molecule has 0 amide bonds. The number of aromatic carboxylic acids is 1. The number of likely N-dealkylation sites (N-methyl/N-ethyl adjacent to an activating group) is 3. The van der Waals surface area contributed by atoms with E-state index in [1.807, 2.05) is 68.3 Å². The lowest BCUT2D eigenvalue weighted by Crippen LogP contribution is -2.45. The van der Waals surface area contributed by atoms with Crippen LogP contribution in [0.2, 0.25) is 0 Å². The second-order valence-electron chi connectivity index (χ2n) is 26.4. The van der Waals surface area contributed by atoms with Crippen LogP contribution in [-0.2, 0) is 23.8 Å². The van der Waals surface area contributed by atoms with E-state index in [0.717, 1.165) is 149 Å². The summed E-state index contributed by atoms with van der Waals surface area (Å²) in [6.45, 7) is 18.2. The molecule has 4 heterocycles. The van der Waals surface area contributed by atoms with Crippen molar-refractivity contribution in [3.05, 3.63) is 238 Å². The lowest BCUT2D eigenvalue weighted by atomic mass is 10.0. The van der Waals surface area contributed by atoms with E-state index >= 15 is 0 Å². The Morgan fingerprint density at radius 2 is 0.902 bits per heavy atom. The number of Topliss-reactive ketones (excluding diaryl/α,β-unsaturated/α-hetero) is 5. The van der Waals surface area contributed by atoms with Crippen LogP contribution in [0.25, 0.3) is 0 Å². The SMILES string of the molecule is CCC(=O)c1cc(N)ccc1N1CCN(C)CC1.CCC(=O)c1cc(Nc2nccc(N(C)c3ccc(CC(=O)Cc4cc(F)cc(C(F)(F)F)c4)cc3)n2)ccc1N1CCN(C)CC1.CCC(=O)c1cc([N+](=O)[O-])ccc1F.CCC(=O)c1cc([N+](=O)[O-])ccc1N1CCN(C)CC1.O=C(O)c1cc([N+](=O)[O-])ccc1F. The highest BCUT2D eigenvalue weighted by Crippen LogP contribution is 2.34. The number of rotatable bonds is 23. The maximum Gasteiger partial charge on any atom is 0.416 e. The number of carbonyl (C=O) groups is 6. The minimum Gasteiger partial charge on any atom is -0.478 e. The molecule has 8 aromatic rings. The molecule has 0 unspecified atom stereocenters. The third-order valence-electron chi connectivity index (χ3n) is 18.4. The number of halogens is 6. The van der Waals surface area contributed by atoms with E-state index in [1.165, 1.54) is 12.1 Å². The number of aromatic nitrogens is 2. The lowest BCUT2D eigenvalue weighted by Gasteiger charge is -2.35. The van der Waals surface area contributed by atoms with Crippen molar-refractivity contribution in [2.45, 2.75) is 72.4 Å². The number of nitrogen functional groups attached to an aromatic ring is 1. The first-order valence-electron chi connectivity index (χ1n) is 35.8. The fourth-order valence-electron chi connectivity index (χ4n) is 12.0. The van der Waals surface area contributed by atoms with E-state index in [-0.39, 0.29) is 64.9 Å². The third kappa shape index (κ3) is 24.7. The Labute approximate surface area is 642 Å². The summed E-state index contributed by atoms with van der Waals surface area (Å²) in [4.78, 5) is 125. The molecule has 0 saturated carbocycles. The zero-order chi connectivity index (χ0) is 82.3. The molecule has 11 rings (SSSR count).